The van der Waals surface area contributed by atoms with Crippen LogP contribution in [0.1, 0.15) is 39.5 Å². The average molecular weight is 204 g/mol. The second-order valence-corrected chi connectivity index (χ2v) is 4.32. The van der Waals surface area contributed by atoms with E-state index in [4.69, 9.17) is 0 Å². The van der Waals surface area contributed by atoms with Gasteiger partial charge in [0, 0.05) is 12.6 Å². The van der Waals surface area contributed by atoms with Crippen molar-refractivity contribution in [3.8, 4) is 0 Å². The van der Waals surface area contributed by atoms with Gasteiger partial charge >= 0.3 is 0 Å². The van der Waals surface area contributed by atoms with Gasteiger partial charge in [0.15, 0.2) is 0 Å². The van der Waals surface area contributed by atoms with E-state index in [0.717, 1.165) is 6.54 Å². The summed E-state index contributed by atoms with van der Waals surface area (Å²) in [6, 6.07) is 0.637. The van der Waals surface area contributed by atoms with E-state index in [0.29, 0.717) is 6.04 Å². The minimum absolute atomic E-state index is 0.637. The number of hydrogen-bond acceptors (Lipinski definition) is 3. The number of nitrogens with one attached hydrogen (secondary N) is 2. The third-order valence-corrected chi connectivity index (χ3v) is 2.40. The van der Waals surface area contributed by atoms with Gasteiger partial charge < -0.3 is 5.32 Å². The fourth-order valence-electron chi connectivity index (χ4n) is 1.17. The maximum absolute atomic E-state index is 3.43. The molecule has 0 aliphatic carbocycles. The summed E-state index contributed by atoms with van der Waals surface area (Å²) in [6.07, 6.45) is 7.41. The minimum Gasteiger partial charge on any atom is -0.315 e. The number of hydrogen-bond donors (Lipinski definition) is 2. The van der Waals surface area contributed by atoms with Crippen molar-refractivity contribution in [2.24, 2.45) is 0 Å². The third kappa shape index (κ3) is 12.3. The second-order valence-electron chi connectivity index (χ2n) is 3.62. The molecule has 0 aromatic carbocycles. The molecule has 0 heterocycles. The van der Waals surface area contributed by atoms with E-state index < -0.39 is 0 Å². The lowest BCUT2D eigenvalue weighted by molar-refractivity contribution is 0.542. The van der Waals surface area contributed by atoms with Crippen LogP contribution in [-0.4, -0.2) is 25.4 Å². The summed E-state index contributed by atoms with van der Waals surface area (Å²) >= 11 is 1.71. The van der Waals surface area contributed by atoms with Gasteiger partial charge in [-0.05, 0) is 25.6 Å². The Balaban J connectivity index is 2.84. The lowest BCUT2D eigenvalue weighted by Gasteiger charge is -2.07. The van der Waals surface area contributed by atoms with E-state index in [1.54, 1.807) is 11.9 Å². The van der Waals surface area contributed by atoms with E-state index in [1.165, 1.54) is 32.2 Å². The highest BCUT2D eigenvalue weighted by Crippen LogP contribution is 1.99. The third-order valence-electron chi connectivity index (χ3n) is 1.90. The Labute approximate surface area is 87.4 Å². The first-order valence-electron chi connectivity index (χ1n) is 5.26. The lowest BCUT2D eigenvalue weighted by Crippen LogP contribution is -2.23. The Morgan fingerprint density at radius 2 is 1.62 bits per heavy atom. The zero-order valence-corrected chi connectivity index (χ0v) is 10.0. The molecular weight excluding hydrogens is 180 g/mol. The first kappa shape index (κ1) is 13.3. The molecule has 0 fully saturated rings. The number of rotatable bonds is 9. The Morgan fingerprint density at radius 3 is 2.15 bits per heavy atom. The smallest absolute Gasteiger partial charge is 0.00584 e. The van der Waals surface area contributed by atoms with E-state index in [1.807, 2.05) is 0 Å². The van der Waals surface area contributed by atoms with E-state index in [-0.39, 0.29) is 0 Å². The summed E-state index contributed by atoms with van der Waals surface area (Å²) in [4.78, 5) is 0. The summed E-state index contributed by atoms with van der Waals surface area (Å²) in [6.45, 7) is 6.72. The van der Waals surface area contributed by atoms with Crippen LogP contribution in [0.3, 0.4) is 0 Å². The lowest BCUT2D eigenvalue weighted by atomic mass is 10.2. The van der Waals surface area contributed by atoms with Crippen LogP contribution >= 0.6 is 11.9 Å². The van der Waals surface area contributed by atoms with Gasteiger partial charge in [-0.1, -0.05) is 38.6 Å². The molecule has 0 aliphatic rings. The van der Waals surface area contributed by atoms with Crippen LogP contribution in [-0.2, 0) is 0 Å². The largest absolute Gasteiger partial charge is 0.315 e. The molecule has 0 radical (unpaired) electrons. The molecule has 0 spiro atoms. The van der Waals surface area contributed by atoms with Crippen LogP contribution in [0, 0.1) is 0 Å². The Hall–Kier alpha value is 0.270. The van der Waals surface area contributed by atoms with Crippen molar-refractivity contribution < 1.29 is 0 Å². The van der Waals surface area contributed by atoms with Gasteiger partial charge in [0.1, 0.15) is 0 Å². The van der Waals surface area contributed by atoms with Crippen LogP contribution in [0.4, 0.5) is 0 Å². The minimum atomic E-state index is 0.637. The van der Waals surface area contributed by atoms with Crippen molar-refractivity contribution in [3.63, 3.8) is 0 Å². The predicted octanol–water partition coefficient (Wildman–Crippen LogP) is 2.41. The van der Waals surface area contributed by atoms with Crippen molar-refractivity contribution >= 4 is 11.9 Å². The van der Waals surface area contributed by atoms with Crippen molar-refractivity contribution in [3.05, 3.63) is 0 Å². The molecule has 2 nitrogen and oxygen atoms in total. The monoisotopic (exact) mass is 204 g/mol. The van der Waals surface area contributed by atoms with Gasteiger partial charge in [-0.3, -0.25) is 4.72 Å². The molecule has 0 aliphatic heterocycles. The normalized spacial score (nSPS) is 11.1. The number of unbranched alkanes of at least 4 members (excludes halogenated alkanes) is 3. The van der Waals surface area contributed by atoms with Gasteiger partial charge in [-0.15, -0.1) is 0 Å². The molecule has 0 saturated carbocycles. The van der Waals surface area contributed by atoms with Crippen LogP contribution in [0.2, 0.25) is 0 Å². The first-order chi connectivity index (χ1) is 6.27. The molecule has 0 aromatic heterocycles. The fraction of sp³-hybridized carbons (Fsp3) is 1.00. The fourth-order valence-corrected chi connectivity index (χ4v) is 1.52. The standard InChI is InChI=1S/C10H24N2S/c1-10(2)11-8-6-4-5-7-9-12-13-3/h10-12H,4-9H2,1-3H3. The second kappa shape index (κ2) is 10.4. The summed E-state index contributed by atoms with van der Waals surface area (Å²) < 4.78 is 3.26. The first-order valence-corrected chi connectivity index (χ1v) is 6.49. The average Bonchev–Trinajstić information content (AvgIpc) is 2.09. The molecule has 0 unspecified atom stereocenters. The summed E-state index contributed by atoms with van der Waals surface area (Å²) in [5.41, 5.74) is 0. The SMILES string of the molecule is CSNCCCCCCNC(C)C. The van der Waals surface area contributed by atoms with Gasteiger partial charge in [0.25, 0.3) is 0 Å². The summed E-state index contributed by atoms with van der Waals surface area (Å²) in [5, 5.41) is 3.43. The molecule has 13 heavy (non-hydrogen) atoms. The Kier molecular flexibility index (Phi) is 10.6. The van der Waals surface area contributed by atoms with Gasteiger partial charge in [-0.2, -0.15) is 0 Å². The van der Waals surface area contributed by atoms with E-state index in [9.17, 15) is 0 Å². The highest BCUT2D eigenvalue weighted by atomic mass is 32.2. The quantitative estimate of drug-likeness (QED) is 0.445. The van der Waals surface area contributed by atoms with Crippen LogP contribution < -0.4 is 10.0 Å². The van der Waals surface area contributed by atoms with Gasteiger partial charge in [-0.25, -0.2) is 0 Å². The van der Waals surface area contributed by atoms with Crippen molar-refractivity contribution in [1.29, 1.82) is 0 Å². The zero-order chi connectivity index (χ0) is 9.94. The van der Waals surface area contributed by atoms with Gasteiger partial charge in [0.2, 0.25) is 0 Å². The molecule has 2 N–H and O–H groups in total. The van der Waals surface area contributed by atoms with Gasteiger partial charge in [0.05, 0.1) is 0 Å². The van der Waals surface area contributed by atoms with Crippen molar-refractivity contribution in [2.75, 3.05) is 19.3 Å². The Bertz CT molecular complexity index is 96.9. The predicted molar refractivity (Wildman–Crippen MR) is 63.1 cm³/mol. The highest BCUT2D eigenvalue weighted by molar-refractivity contribution is 7.96. The summed E-state index contributed by atoms with van der Waals surface area (Å²) in [7, 11) is 0. The van der Waals surface area contributed by atoms with Crippen molar-refractivity contribution in [2.45, 2.75) is 45.6 Å². The molecule has 80 valence electrons. The molecule has 0 amide bonds. The van der Waals surface area contributed by atoms with Crippen LogP contribution in [0.25, 0.3) is 0 Å². The summed E-state index contributed by atoms with van der Waals surface area (Å²) in [5.74, 6) is 0. The maximum atomic E-state index is 3.43. The zero-order valence-electron chi connectivity index (χ0n) is 9.23. The molecule has 0 bridgehead atoms. The highest BCUT2D eigenvalue weighted by Gasteiger charge is 1.92. The van der Waals surface area contributed by atoms with E-state index in [2.05, 4.69) is 30.1 Å². The molecule has 0 aromatic rings. The maximum Gasteiger partial charge on any atom is 0.00584 e. The van der Waals surface area contributed by atoms with E-state index >= 15 is 0 Å². The molecule has 3 heteroatoms. The van der Waals surface area contributed by atoms with Crippen LogP contribution in [0.15, 0.2) is 0 Å². The molecule has 0 atom stereocenters. The van der Waals surface area contributed by atoms with Crippen molar-refractivity contribution in [1.82, 2.24) is 10.0 Å². The van der Waals surface area contributed by atoms with Crippen LogP contribution in [0.5, 0.6) is 0 Å². The molecular formula is C10H24N2S. The molecule has 0 saturated heterocycles. The topological polar surface area (TPSA) is 24.1 Å². The molecule has 0 rings (SSSR count). The Morgan fingerprint density at radius 1 is 1.00 bits per heavy atom.